The second kappa shape index (κ2) is 6.37. The molecule has 2 N–H and O–H groups in total. The first-order valence-electron chi connectivity index (χ1n) is 4.45. The Bertz CT molecular complexity index is 369. The summed E-state index contributed by atoms with van der Waals surface area (Å²) >= 11 is 10.6. The van der Waals surface area contributed by atoms with Crippen molar-refractivity contribution in [3.05, 3.63) is 23.2 Å². The molecule has 0 spiro atoms. The van der Waals surface area contributed by atoms with Gasteiger partial charge in [-0.05, 0) is 12.1 Å². The number of nitrogen functional groups attached to an aromatic ring is 1. The van der Waals surface area contributed by atoms with Gasteiger partial charge in [0.25, 0.3) is 0 Å². The van der Waals surface area contributed by atoms with E-state index in [2.05, 4.69) is 20.7 Å². The number of nitrogens with two attached hydrogens (primary N) is 1. The van der Waals surface area contributed by atoms with Gasteiger partial charge in [0.2, 0.25) is 0 Å². The van der Waals surface area contributed by atoms with Crippen LogP contribution in [0.15, 0.2) is 23.1 Å². The first-order valence-corrected chi connectivity index (χ1v) is 6.73. The van der Waals surface area contributed by atoms with Crippen LogP contribution < -0.4 is 5.73 Å². The molecular formula is C10H11BrClNO2S. The van der Waals surface area contributed by atoms with Crippen LogP contribution in [-0.2, 0) is 9.53 Å². The molecule has 0 aliphatic heterocycles. The number of hydrogen-bond donors (Lipinski definition) is 1. The normalized spacial score (nSPS) is 12.2. The molecule has 0 saturated carbocycles. The maximum absolute atomic E-state index is 11.2. The maximum Gasteiger partial charge on any atom is 0.320 e. The van der Waals surface area contributed by atoms with Crippen LogP contribution in [0, 0.1) is 0 Å². The van der Waals surface area contributed by atoms with E-state index in [1.165, 1.54) is 18.9 Å². The number of ether oxygens (including phenoxy) is 1. The number of esters is 1. The van der Waals surface area contributed by atoms with E-state index in [0.717, 1.165) is 4.90 Å². The van der Waals surface area contributed by atoms with Crippen LogP contribution in [0.25, 0.3) is 0 Å². The molecule has 1 rings (SSSR count). The van der Waals surface area contributed by atoms with E-state index in [1.807, 2.05) is 0 Å². The highest BCUT2D eigenvalue weighted by Gasteiger charge is 2.16. The van der Waals surface area contributed by atoms with Crippen LogP contribution in [0.1, 0.15) is 0 Å². The van der Waals surface area contributed by atoms with E-state index in [-0.39, 0.29) is 10.8 Å². The fraction of sp³-hybridized carbons (Fsp3) is 0.300. The Kier molecular flexibility index (Phi) is 5.44. The fourth-order valence-electron chi connectivity index (χ4n) is 1.03. The zero-order valence-corrected chi connectivity index (χ0v) is 11.7. The maximum atomic E-state index is 11.2. The third-order valence-electron chi connectivity index (χ3n) is 1.83. The highest BCUT2D eigenvalue weighted by molar-refractivity contribution is 9.10. The van der Waals surface area contributed by atoms with Crippen molar-refractivity contribution in [2.24, 2.45) is 0 Å². The number of halogens is 2. The molecule has 1 aromatic carbocycles. The molecule has 0 fully saturated rings. The molecule has 6 heteroatoms. The van der Waals surface area contributed by atoms with Gasteiger partial charge in [-0.1, -0.05) is 33.6 Å². The molecule has 0 heterocycles. The second-order valence-electron chi connectivity index (χ2n) is 2.96. The first kappa shape index (κ1) is 13.7. The summed E-state index contributed by atoms with van der Waals surface area (Å²) in [6, 6.07) is 5.32. The molecule has 88 valence electrons. The van der Waals surface area contributed by atoms with Crippen LogP contribution in [0.4, 0.5) is 5.69 Å². The van der Waals surface area contributed by atoms with E-state index in [0.29, 0.717) is 16.5 Å². The lowest BCUT2D eigenvalue weighted by atomic mass is 10.3. The van der Waals surface area contributed by atoms with Gasteiger partial charge in [0.1, 0.15) is 4.83 Å². The quantitative estimate of drug-likeness (QED) is 0.400. The third kappa shape index (κ3) is 3.57. The van der Waals surface area contributed by atoms with E-state index < -0.39 is 0 Å². The molecule has 1 unspecified atom stereocenters. The molecule has 0 bridgehead atoms. The molecule has 0 aromatic heterocycles. The van der Waals surface area contributed by atoms with Crippen LogP contribution in [0.5, 0.6) is 0 Å². The monoisotopic (exact) mass is 323 g/mol. The number of carbonyl (C=O) groups excluding carboxylic acids is 1. The lowest BCUT2D eigenvalue weighted by Gasteiger charge is -2.10. The van der Waals surface area contributed by atoms with Gasteiger partial charge in [0.15, 0.2) is 0 Å². The average Bonchev–Trinajstić information content (AvgIpc) is 2.27. The smallest absolute Gasteiger partial charge is 0.320 e. The largest absolute Gasteiger partial charge is 0.468 e. The predicted octanol–water partition coefficient (Wildman–Crippen LogP) is 2.95. The van der Waals surface area contributed by atoms with Gasteiger partial charge in [-0.2, -0.15) is 0 Å². The predicted molar refractivity (Wildman–Crippen MR) is 71.3 cm³/mol. The molecule has 16 heavy (non-hydrogen) atoms. The zero-order chi connectivity index (χ0) is 12.1. The summed E-state index contributed by atoms with van der Waals surface area (Å²) in [6.45, 7) is 0. The van der Waals surface area contributed by atoms with Crippen molar-refractivity contribution in [1.29, 1.82) is 0 Å². The summed E-state index contributed by atoms with van der Waals surface area (Å²) in [6.07, 6.45) is 0. The Hall–Kier alpha value is -0.390. The minimum atomic E-state index is -0.363. The molecule has 1 atom stereocenters. The van der Waals surface area contributed by atoms with E-state index in [1.54, 1.807) is 18.2 Å². The highest BCUT2D eigenvalue weighted by atomic mass is 79.9. The van der Waals surface area contributed by atoms with Crippen LogP contribution in [0.2, 0.25) is 5.02 Å². The minimum absolute atomic E-state index is 0.307. The van der Waals surface area contributed by atoms with Crippen LogP contribution in [-0.4, -0.2) is 23.7 Å². The van der Waals surface area contributed by atoms with Gasteiger partial charge in [0.05, 0.1) is 12.1 Å². The van der Waals surface area contributed by atoms with Crippen LogP contribution in [0.3, 0.4) is 0 Å². The van der Waals surface area contributed by atoms with E-state index in [9.17, 15) is 4.79 Å². The molecule has 0 saturated heterocycles. The summed E-state index contributed by atoms with van der Waals surface area (Å²) in [5, 5.41) is 0.592. The SMILES string of the molecule is COC(=O)C(Br)CSc1c(N)cccc1Cl. The van der Waals surface area contributed by atoms with E-state index >= 15 is 0 Å². The van der Waals surface area contributed by atoms with Gasteiger partial charge in [-0.15, -0.1) is 11.8 Å². The Morgan fingerprint density at radius 2 is 2.38 bits per heavy atom. The zero-order valence-electron chi connectivity index (χ0n) is 8.57. The average molecular weight is 325 g/mol. The second-order valence-corrected chi connectivity index (χ2v) is 5.50. The van der Waals surface area contributed by atoms with Crippen molar-refractivity contribution in [1.82, 2.24) is 0 Å². The Morgan fingerprint density at radius 3 is 2.94 bits per heavy atom. The van der Waals surface area contributed by atoms with Crippen molar-refractivity contribution in [3.8, 4) is 0 Å². The Balaban J connectivity index is 2.64. The van der Waals surface area contributed by atoms with Gasteiger partial charge < -0.3 is 10.5 Å². The number of carbonyl (C=O) groups is 1. The van der Waals surface area contributed by atoms with Gasteiger partial charge in [0, 0.05) is 16.3 Å². The number of anilines is 1. The summed E-state index contributed by atoms with van der Waals surface area (Å²) in [7, 11) is 1.35. The number of thioether (sulfide) groups is 1. The molecular weight excluding hydrogens is 314 g/mol. The molecule has 0 radical (unpaired) electrons. The van der Waals surface area contributed by atoms with Gasteiger partial charge in [-0.25, -0.2) is 0 Å². The van der Waals surface area contributed by atoms with Crippen molar-refractivity contribution in [2.75, 3.05) is 18.6 Å². The topological polar surface area (TPSA) is 52.3 Å². The standard InChI is InChI=1S/C10H11BrClNO2S/c1-15-10(14)6(11)5-16-9-7(12)3-2-4-8(9)13/h2-4,6H,5,13H2,1H3. The van der Waals surface area contributed by atoms with Gasteiger partial charge >= 0.3 is 5.97 Å². The number of benzene rings is 1. The summed E-state index contributed by atoms with van der Waals surface area (Å²) in [5.41, 5.74) is 6.39. The Morgan fingerprint density at radius 1 is 1.69 bits per heavy atom. The lowest BCUT2D eigenvalue weighted by molar-refractivity contribution is -0.139. The molecule has 0 aliphatic rings. The minimum Gasteiger partial charge on any atom is -0.468 e. The number of hydrogen-bond acceptors (Lipinski definition) is 4. The fourth-order valence-corrected chi connectivity index (χ4v) is 2.85. The summed E-state index contributed by atoms with van der Waals surface area (Å²) in [5.74, 6) is 0.207. The van der Waals surface area contributed by atoms with E-state index in [4.69, 9.17) is 17.3 Å². The lowest BCUT2D eigenvalue weighted by Crippen LogP contribution is -2.17. The number of alkyl halides is 1. The first-order chi connectivity index (χ1) is 7.56. The number of rotatable bonds is 4. The third-order valence-corrected chi connectivity index (χ3v) is 4.63. The molecule has 1 aromatic rings. The number of methoxy groups -OCH3 is 1. The van der Waals surface area contributed by atoms with Gasteiger partial charge in [-0.3, -0.25) is 4.79 Å². The Labute approximate surface area is 112 Å². The highest BCUT2D eigenvalue weighted by Crippen LogP contribution is 2.33. The molecule has 3 nitrogen and oxygen atoms in total. The van der Waals surface area contributed by atoms with Crippen molar-refractivity contribution in [3.63, 3.8) is 0 Å². The van der Waals surface area contributed by atoms with Crippen LogP contribution >= 0.6 is 39.3 Å². The summed E-state index contributed by atoms with van der Waals surface area (Å²) in [4.78, 5) is 11.6. The molecule has 0 amide bonds. The van der Waals surface area contributed by atoms with Crippen molar-refractivity contribution >= 4 is 50.9 Å². The summed E-state index contributed by atoms with van der Waals surface area (Å²) < 4.78 is 4.60. The van der Waals surface area contributed by atoms with Crippen molar-refractivity contribution in [2.45, 2.75) is 9.72 Å². The van der Waals surface area contributed by atoms with Crippen molar-refractivity contribution < 1.29 is 9.53 Å². The molecule has 0 aliphatic carbocycles.